The van der Waals surface area contributed by atoms with Gasteiger partial charge in [-0.05, 0) is 19.1 Å². The Morgan fingerprint density at radius 2 is 1.90 bits per heavy atom. The van der Waals surface area contributed by atoms with E-state index < -0.39 is 0 Å². The second-order valence-corrected chi connectivity index (χ2v) is 4.84. The molecule has 20 heavy (non-hydrogen) atoms. The van der Waals surface area contributed by atoms with E-state index in [1.165, 1.54) is 0 Å². The van der Waals surface area contributed by atoms with Crippen LogP contribution >= 0.6 is 0 Å². The van der Waals surface area contributed by atoms with Gasteiger partial charge in [0.1, 0.15) is 0 Å². The second kappa shape index (κ2) is 5.32. The van der Waals surface area contributed by atoms with E-state index in [-0.39, 0.29) is 5.91 Å². The normalized spacial score (nSPS) is 15.4. The molecular weight excluding hydrogens is 254 g/mol. The molecule has 1 N–H and O–H groups in total. The number of anilines is 1. The number of aromatic nitrogens is 3. The van der Waals surface area contributed by atoms with Crippen LogP contribution in [-0.2, 0) is 0 Å². The summed E-state index contributed by atoms with van der Waals surface area (Å²) in [7, 11) is 0. The fraction of sp³-hybridized carbons (Fsp3) is 0.357. The molecule has 3 rings (SSSR count). The molecule has 1 saturated heterocycles. The van der Waals surface area contributed by atoms with Crippen LogP contribution in [0.15, 0.2) is 30.7 Å². The first-order chi connectivity index (χ1) is 9.75. The molecule has 0 unspecified atom stereocenters. The predicted octanol–water partition coefficient (Wildman–Crippen LogP) is 1.08. The third-order valence-electron chi connectivity index (χ3n) is 3.59. The molecule has 1 aliphatic rings. The average Bonchev–Trinajstić information content (AvgIpc) is 2.94. The van der Waals surface area contributed by atoms with Crippen molar-refractivity contribution < 1.29 is 4.79 Å². The average molecular weight is 271 g/mol. The number of aromatic amines is 1. The van der Waals surface area contributed by atoms with Gasteiger partial charge in [-0.2, -0.15) is 0 Å². The van der Waals surface area contributed by atoms with Gasteiger partial charge in [0, 0.05) is 50.5 Å². The van der Waals surface area contributed by atoms with Gasteiger partial charge in [-0.1, -0.05) is 0 Å². The van der Waals surface area contributed by atoms with Gasteiger partial charge in [-0.15, -0.1) is 0 Å². The van der Waals surface area contributed by atoms with Crippen molar-refractivity contribution in [3.63, 3.8) is 0 Å². The largest absolute Gasteiger partial charge is 0.365 e. The van der Waals surface area contributed by atoms with Crippen molar-refractivity contribution >= 4 is 11.9 Å². The van der Waals surface area contributed by atoms with E-state index in [9.17, 15) is 4.79 Å². The number of hydrogen-bond acceptors (Lipinski definition) is 4. The number of nitrogens with one attached hydrogen (secondary N) is 1. The standard InChI is InChI=1S/C14H17N5O/c1-11-12(3-6-15-11)13(20)18-7-9-19(10-8-18)14-16-4-2-5-17-14/h2-6,15H,7-10H2,1H3. The summed E-state index contributed by atoms with van der Waals surface area (Å²) in [6.45, 7) is 4.84. The summed E-state index contributed by atoms with van der Waals surface area (Å²) >= 11 is 0. The van der Waals surface area contributed by atoms with Crippen molar-refractivity contribution in [1.29, 1.82) is 0 Å². The molecular formula is C14H17N5O. The third-order valence-corrected chi connectivity index (χ3v) is 3.59. The first-order valence-corrected chi connectivity index (χ1v) is 6.71. The first kappa shape index (κ1) is 12.7. The lowest BCUT2D eigenvalue weighted by molar-refractivity contribution is 0.0745. The predicted molar refractivity (Wildman–Crippen MR) is 75.7 cm³/mol. The van der Waals surface area contributed by atoms with Crippen LogP contribution in [0.4, 0.5) is 5.95 Å². The number of rotatable bonds is 2. The topological polar surface area (TPSA) is 65.1 Å². The van der Waals surface area contributed by atoms with Gasteiger partial charge in [0.2, 0.25) is 5.95 Å². The van der Waals surface area contributed by atoms with E-state index in [0.717, 1.165) is 30.3 Å². The lowest BCUT2D eigenvalue weighted by Crippen LogP contribution is -2.49. The zero-order valence-electron chi connectivity index (χ0n) is 11.4. The molecule has 3 heterocycles. The summed E-state index contributed by atoms with van der Waals surface area (Å²) in [5, 5.41) is 0. The molecule has 2 aromatic rings. The monoisotopic (exact) mass is 271 g/mol. The van der Waals surface area contributed by atoms with E-state index in [4.69, 9.17) is 0 Å². The summed E-state index contributed by atoms with van der Waals surface area (Å²) in [6, 6.07) is 3.64. The van der Waals surface area contributed by atoms with Crippen LogP contribution in [0, 0.1) is 6.92 Å². The number of carbonyl (C=O) groups is 1. The maximum absolute atomic E-state index is 12.4. The maximum Gasteiger partial charge on any atom is 0.255 e. The number of piperazine rings is 1. The van der Waals surface area contributed by atoms with E-state index in [0.29, 0.717) is 13.1 Å². The van der Waals surface area contributed by atoms with Crippen molar-refractivity contribution in [2.75, 3.05) is 31.1 Å². The third kappa shape index (κ3) is 2.36. The van der Waals surface area contributed by atoms with Gasteiger partial charge < -0.3 is 14.8 Å². The zero-order valence-corrected chi connectivity index (χ0v) is 11.4. The van der Waals surface area contributed by atoms with Crippen molar-refractivity contribution in [3.05, 3.63) is 42.0 Å². The molecule has 104 valence electrons. The highest BCUT2D eigenvalue weighted by Gasteiger charge is 2.24. The Labute approximate surface area is 117 Å². The zero-order chi connectivity index (χ0) is 13.9. The molecule has 2 aromatic heterocycles. The molecule has 1 fully saturated rings. The van der Waals surface area contributed by atoms with Crippen LogP contribution in [0.2, 0.25) is 0 Å². The SMILES string of the molecule is Cc1[nH]ccc1C(=O)N1CCN(c2ncccn2)CC1. The summed E-state index contributed by atoms with van der Waals surface area (Å²) in [4.78, 5) is 27.9. The van der Waals surface area contributed by atoms with Crippen LogP contribution in [0.3, 0.4) is 0 Å². The van der Waals surface area contributed by atoms with Crippen LogP contribution in [0.1, 0.15) is 16.1 Å². The van der Waals surface area contributed by atoms with Crippen molar-refractivity contribution in [1.82, 2.24) is 19.9 Å². The van der Waals surface area contributed by atoms with Crippen molar-refractivity contribution in [3.8, 4) is 0 Å². The maximum atomic E-state index is 12.4. The summed E-state index contributed by atoms with van der Waals surface area (Å²) in [5.41, 5.74) is 1.68. The molecule has 1 aliphatic heterocycles. The molecule has 0 atom stereocenters. The van der Waals surface area contributed by atoms with Crippen LogP contribution in [0.25, 0.3) is 0 Å². The van der Waals surface area contributed by atoms with E-state index in [1.54, 1.807) is 24.7 Å². The van der Waals surface area contributed by atoms with Gasteiger partial charge in [-0.3, -0.25) is 4.79 Å². The van der Waals surface area contributed by atoms with Crippen LogP contribution in [0.5, 0.6) is 0 Å². The summed E-state index contributed by atoms with van der Waals surface area (Å²) in [5.74, 6) is 0.829. The molecule has 1 amide bonds. The van der Waals surface area contributed by atoms with Crippen LogP contribution in [-0.4, -0.2) is 51.9 Å². The molecule has 6 heteroatoms. The molecule has 0 aromatic carbocycles. The smallest absolute Gasteiger partial charge is 0.255 e. The number of nitrogens with zero attached hydrogens (tertiary/aromatic N) is 4. The highest BCUT2D eigenvalue weighted by Crippen LogP contribution is 2.14. The van der Waals surface area contributed by atoms with E-state index in [1.807, 2.05) is 17.9 Å². The fourth-order valence-electron chi connectivity index (χ4n) is 2.42. The quantitative estimate of drug-likeness (QED) is 0.887. The Morgan fingerprint density at radius 1 is 1.20 bits per heavy atom. The number of amides is 1. The van der Waals surface area contributed by atoms with Gasteiger partial charge in [0.05, 0.1) is 5.56 Å². The van der Waals surface area contributed by atoms with Crippen LogP contribution < -0.4 is 4.90 Å². The highest BCUT2D eigenvalue weighted by atomic mass is 16.2. The first-order valence-electron chi connectivity index (χ1n) is 6.71. The molecule has 0 aliphatic carbocycles. The minimum absolute atomic E-state index is 0.0948. The van der Waals surface area contributed by atoms with Crippen molar-refractivity contribution in [2.45, 2.75) is 6.92 Å². The minimum Gasteiger partial charge on any atom is -0.365 e. The fourth-order valence-corrected chi connectivity index (χ4v) is 2.42. The molecule has 6 nitrogen and oxygen atoms in total. The lowest BCUT2D eigenvalue weighted by Gasteiger charge is -2.34. The number of hydrogen-bond donors (Lipinski definition) is 1. The Bertz CT molecular complexity index is 587. The van der Waals surface area contributed by atoms with Gasteiger partial charge in [-0.25, -0.2) is 9.97 Å². The Morgan fingerprint density at radius 3 is 2.50 bits per heavy atom. The van der Waals surface area contributed by atoms with Gasteiger partial charge in [0.25, 0.3) is 5.91 Å². The Kier molecular flexibility index (Phi) is 3.37. The van der Waals surface area contributed by atoms with Gasteiger partial charge in [0.15, 0.2) is 0 Å². The molecule has 0 saturated carbocycles. The number of aryl methyl sites for hydroxylation is 1. The Balaban J connectivity index is 1.64. The molecule has 0 spiro atoms. The molecule has 0 radical (unpaired) electrons. The summed E-state index contributed by atoms with van der Waals surface area (Å²) in [6.07, 6.45) is 5.28. The van der Waals surface area contributed by atoms with E-state index >= 15 is 0 Å². The summed E-state index contributed by atoms with van der Waals surface area (Å²) < 4.78 is 0. The minimum atomic E-state index is 0.0948. The Hall–Kier alpha value is -2.37. The highest BCUT2D eigenvalue weighted by molar-refractivity contribution is 5.95. The van der Waals surface area contributed by atoms with Crippen molar-refractivity contribution in [2.24, 2.45) is 0 Å². The second-order valence-electron chi connectivity index (χ2n) is 4.84. The van der Waals surface area contributed by atoms with Gasteiger partial charge >= 0.3 is 0 Å². The molecule has 0 bridgehead atoms. The number of carbonyl (C=O) groups excluding carboxylic acids is 1. The number of H-pyrrole nitrogens is 1. The lowest BCUT2D eigenvalue weighted by atomic mass is 10.2. The van der Waals surface area contributed by atoms with E-state index in [2.05, 4.69) is 19.9 Å².